The zero-order chi connectivity index (χ0) is 30.5. The van der Waals surface area contributed by atoms with E-state index in [2.05, 4.69) is 54.8 Å². The van der Waals surface area contributed by atoms with E-state index in [0.717, 1.165) is 18.5 Å². The highest BCUT2D eigenvalue weighted by Gasteiger charge is 2.26. The molecule has 0 aliphatic carbocycles. The lowest BCUT2D eigenvalue weighted by molar-refractivity contribution is -0.118. The molecular formula is C37H45NO3. The fourth-order valence-corrected chi connectivity index (χ4v) is 4.06. The summed E-state index contributed by atoms with van der Waals surface area (Å²) in [7, 11) is 0. The molecule has 0 aliphatic heterocycles. The van der Waals surface area contributed by atoms with Crippen LogP contribution in [0.1, 0.15) is 76.2 Å². The number of carbonyl (C=O) groups is 3. The van der Waals surface area contributed by atoms with Gasteiger partial charge in [0.15, 0.2) is 11.6 Å². The van der Waals surface area contributed by atoms with Crippen molar-refractivity contribution in [1.82, 2.24) is 4.90 Å². The molecule has 0 fully saturated rings. The predicted molar refractivity (Wildman–Crippen MR) is 173 cm³/mol. The zero-order valence-electron chi connectivity index (χ0n) is 25.2. The van der Waals surface area contributed by atoms with Crippen molar-refractivity contribution in [1.29, 1.82) is 0 Å². The number of benzene rings is 3. The van der Waals surface area contributed by atoms with Gasteiger partial charge in [0.1, 0.15) is 5.78 Å². The van der Waals surface area contributed by atoms with Crippen LogP contribution in [0, 0.1) is 0 Å². The second-order valence-corrected chi connectivity index (χ2v) is 9.68. The second kappa shape index (κ2) is 20.7. The van der Waals surface area contributed by atoms with Crippen LogP contribution in [0.15, 0.2) is 122 Å². The lowest BCUT2D eigenvalue weighted by Gasteiger charge is -2.36. The number of ketones is 3. The Hall–Kier alpha value is -4.15. The first-order chi connectivity index (χ1) is 19.7. The third-order valence-corrected chi connectivity index (χ3v) is 6.08. The first kappa shape index (κ1) is 34.9. The van der Waals surface area contributed by atoms with Crippen LogP contribution in [0.3, 0.4) is 0 Å². The number of allylic oxidation sites excluding steroid dienone is 3. The SMILES string of the molecule is C=CCN(C(CC(C)=O)c1ccccc1)[C@H](C)c1ccccc1.CC(=O)/C=C/c1ccccc1.CC/C=C/C(C)=O. The number of rotatable bonds is 12. The smallest absolute Gasteiger partial charge is 0.152 e. The van der Waals surface area contributed by atoms with Gasteiger partial charge in [-0.2, -0.15) is 0 Å². The van der Waals surface area contributed by atoms with Crippen molar-refractivity contribution in [2.24, 2.45) is 0 Å². The van der Waals surface area contributed by atoms with Gasteiger partial charge >= 0.3 is 0 Å². The highest BCUT2D eigenvalue weighted by molar-refractivity contribution is 5.91. The maximum Gasteiger partial charge on any atom is 0.152 e. The van der Waals surface area contributed by atoms with Gasteiger partial charge in [0.2, 0.25) is 0 Å². The molecule has 1 unspecified atom stereocenters. The van der Waals surface area contributed by atoms with E-state index >= 15 is 0 Å². The van der Waals surface area contributed by atoms with Crippen molar-refractivity contribution in [3.63, 3.8) is 0 Å². The minimum Gasteiger partial charge on any atom is -0.300 e. The zero-order valence-corrected chi connectivity index (χ0v) is 25.2. The molecule has 0 radical (unpaired) electrons. The number of hydrogen-bond donors (Lipinski definition) is 0. The maximum atomic E-state index is 11.8. The molecule has 0 heterocycles. The minimum absolute atomic E-state index is 0.0573. The van der Waals surface area contributed by atoms with E-state index in [-0.39, 0.29) is 29.4 Å². The van der Waals surface area contributed by atoms with Crippen LogP contribution < -0.4 is 0 Å². The van der Waals surface area contributed by atoms with Gasteiger partial charge in [0.05, 0.1) is 0 Å². The number of nitrogens with zero attached hydrogens (tertiary/aromatic N) is 1. The first-order valence-electron chi connectivity index (χ1n) is 14.1. The standard InChI is InChI=1S/C21H25NO.C10H10O.C6H10O/c1-4-15-22(18(3)19-11-7-5-8-12-19)21(16-17(2)23)20-13-9-6-10-14-20;1-9(11)7-8-10-5-3-2-4-6-10;1-3-4-5-6(2)7/h4-14,18,21H,1,15-16H2,2-3H3;2-8H,1H3;4-5H,3H2,1-2H3/b;8-7+;5-4+/t18-,21?;;/m1../s1. The van der Waals surface area contributed by atoms with Crippen LogP contribution in [-0.2, 0) is 14.4 Å². The molecule has 3 aromatic carbocycles. The maximum absolute atomic E-state index is 11.8. The number of Topliss-reactive ketones (excluding diaryl/α,β-unsaturated/α-hetero) is 1. The molecule has 0 saturated heterocycles. The number of carbonyl (C=O) groups excluding carboxylic acids is 3. The van der Waals surface area contributed by atoms with Gasteiger partial charge in [-0.25, -0.2) is 0 Å². The van der Waals surface area contributed by atoms with Crippen molar-refractivity contribution >= 4 is 23.4 Å². The summed E-state index contributed by atoms with van der Waals surface area (Å²) in [6, 6.07) is 30.7. The Balaban J connectivity index is 0.000000385. The van der Waals surface area contributed by atoms with Gasteiger partial charge < -0.3 is 0 Å². The Bertz CT molecular complexity index is 1230. The summed E-state index contributed by atoms with van der Waals surface area (Å²) < 4.78 is 0. The third-order valence-electron chi connectivity index (χ3n) is 6.08. The van der Waals surface area contributed by atoms with Crippen LogP contribution in [0.2, 0.25) is 0 Å². The molecule has 0 amide bonds. The van der Waals surface area contributed by atoms with E-state index in [1.165, 1.54) is 11.1 Å². The molecule has 3 rings (SSSR count). The number of hydrogen-bond acceptors (Lipinski definition) is 4. The van der Waals surface area contributed by atoms with Crippen molar-refractivity contribution in [3.8, 4) is 0 Å². The fourth-order valence-electron chi connectivity index (χ4n) is 4.06. The first-order valence-corrected chi connectivity index (χ1v) is 14.1. The summed E-state index contributed by atoms with van der Waals surface area (Å²) in [5, 5.41) is 0. The predicted octanol–water partition coefficient (Wildman–Crippen LogP) is 8.79. The van der Waals surface area contributed by atoms with Gasteiger partial charge in [-0.05, 0) is 63.0 Å². The highest BCUT2D eigenvalue weighted by Crippen LogP contribution is 2.32. The summed E-state index contributed by atoms with van der Waals surface area (Å²) in [5.41, 5.74) is 3.48. The van der Waals surface area contributed by atoms with E-state index in [1.54, 1.807) is 32.9 Å². The van der Waals surface area contributed by atoms with Gasteiger partial charge in [0.25, 0.3) is 0 Å². The molecular weight excluding hydrogens is 506 g/mol. The average molecular weight is 552 g/mol. The van der Waals surface area contributed by atoms with Crippen LogP contribution in [0.5, 0.6) is 0 Å². The summed E-state index contributed by atoms with van der Waals surface area (Å²) in [4.78, 5) is 34.8. The summed E-state index contributed by atoms with van der Waals surface area (Å²) in [6.07, 6.45) is 10.2. The van der Waals surface area contributed by atoms with Crippen LogP contribution in [0.25, 0.3) is 6.08 Å². The highest BCUT2D eigenvalue weighted by atomic mass is 16.1. The molecule has 0 saturated carbocycles. The van der Waals surface area contributed by atoms with Crippen molar-refractivity contribution in [3.05, 3.63) is 139 Å². The van der Waals surface area contributed by atoms with Crippen molar-refractivity contribution in [2.45, 2.75) is 59.5 Å². The molecule has 41 heavy (non-hydrogen) atoms. The lowest BCUT2D eigenvalue weighted by Crippen LogP contribution is -2.33. The van der Waals surface area contributed by atoms with Gasteiger partial charge in [-0.15, -0.1) is 6.58 Å². The molecule has 3 aromatic rings. The summed E-state index contributed by atoms with van der Waals surface area (Å²) >= 11 is 0. The minimum atomic E-state index is 0.0573. The Labute approximate surface area is 247 Å². The fraction of sp³-hybridized carbons (Fsp3) is 0.270. The Morgan fingerprint density at radius 3 is 1.66 bits per heavy atom. The molecule has 0 aromatic heterocycles. The molecule has 0 N–H and O–H groups in total. The monoisotopic (exact) mass is 551 g/mol. The Kier molecular flexibility index (Phi) is 17.6. The van der Waals surface area contributed by atoms with Gasteiger partial charge in [-0.3, -0.25) is 19.3 Å². The normalized spacial score (nSPS) is 12.0. The van der Waals surface area contributed by atoms with E-state index < -0.39 is 0 Å². The molecule has 0 spiro atoms. The molecule has 0 aliphatic rings. The summed E-state index contributed by atoms with van der Waals surface area (Å²) in [5.74, 6) is 0.406. The largest absolute Gasteiger partial charge is 0.300 e. The van der Waals surface area contributed by atoms with E-state index in [9.17, 15) is 14.4 Å². The molecule has 216 valence electrons. The molecule has 4 nitrogen and oxygen atoms in total. The summed E-state index contributed by atoms with van der Waals surface area (Å²) in [6.45, 7) is 13.6. The molecule has 4 heteroatoms. The Morgan fingerprint density at radius 2 is 1.24 bits per heavy atom. The van der Waals surface area contributed by atoms with Crippen LogP contribution in [0.4, 0.5) is 0 Å². The lowest BCUT2D eigenvalue weighted by atomic mass is 9.96. The van der Waals surface area contributed by atoms with E-state index in [1.807, 2.05) is 79.7 Å². The van der Waals surface area contributed by atoms with E-state index in [0.29, 0.717) is 6.42 Å². The quantitative estimate of drug-likeness (QED) is 0.167. The molecule has 0 bridgehead atoms. The van der Waals surface area contributed by atoms with Crippen molar-refractivity contribution in [2.75, 3.05) is 6.54 Å². The second-order valence-electron chi connectivity index (χ2n) is 9.68. The Morgan fingerprint density at radius 1 is 0.756 bits per heavy atom. The van der Waals surface area contributed by atoms with Gasteiger partial charge in [0, 0.05) is 25.0 Å². The third kappa shape index (κ3) is 15.3. The van der Waals surface area contributed by atoms with Crippen LogP contribution in [-0.4, -0.2) is 28.8 Å². The average Bonchev–Trinajstić information content (AvgIpc) is 2.98. The van der Waals surface area contributed by atoms with Crippen LogP contribution >= 0.6 is 0 Å². The van der Waals surface area contributed by atoms with Gasteiger partial charge in [-0.1, -0.05) is 116 Å². The molecule has 2 atom stereocenters. The topological polar surface area (TPSA) is 54.5 Å². The van der Waals surface area contributed by atoms with E-state index in [4.69, 9.17) is 0 Å². The van der Waals surface area contributed by atoms with Crippen molar-refractivity contribution < 1.29 is 14.4 Å².